The fourth-order valence-corrected chi connectivity index (χ4v) is 1.52. The standard InChI is InChI=1S/C10H10BrNO3/c1-2-15-10(14)7-4-8(11)6(5-13)3-9(7)12/h3-5H,2,12H2,1H3. The Kier molecular flexibility index (Phi) is 3.85. The van der Waals surface area contributed by atoms with Crippen molar-refractivity contribution < 1.29 is 14.3 Å². The third kappa shape index (κ3) is 2.56. The van der Waals surface area contributed by atoms with E-state index in [0.29, 0.717) is 16.3 Å². The van der Waals surface area contributed by atoms with Crippen molar-refractivity contribution in [3.8, 4) is 0 Å². The molecule has 0 spiro atoms. The molecule has 0 atom stereocenters. The predicted octanol–water partition coefficient (Wildman–Crippen LogP) is 2.02. The van der Waals surface area contributed by atoms with E-state index < -0.39 is 5.97 Å². The highest BCUT2D eigenvalue weighted by Gasteiger charge is 2.13. The van der Waals surface area contributed by atoms with Gasteiger partial charge >= 0.3 is 5.97 Å². The number of halogens is 1. The molecule has 0 aliphatic carbocycles. The lowest BCUT2D eigenvalue weighted by molar-refractivity contribution is 0.0527. The summed E-state index contributed by atoms with van der Waals surface area (Å²) in [6, 6.07) is 2.92. The molecule has 0 aliphatic heterocycles. The molecule has 0 bridgehead atoms. The zero-order valence-electron chi connectivity index (χ0n) is 8.12. The lowest BCUT2D eigenvalue weighted by Crippen LogP contribution is -2.08. The topological polar surface area (TPSA) is 69.4 Å². The van der Waals surface area contributed by atoms with E-state index in [1.165, 1.54) is 12.1 Å². The first-order valence-electron chi connectivity index (χ1n) is 4.31. The van der Waals surface area contributed by atoms with E-state index in [1.54, 1.807) is 6.92 Å². The van der Waals surface area contributed by atoms with Gasteiger partial charge in [-0.05, 0) is 19.1 Å². The minimum Gasteiger partial charge on any atom is -0.462 e. The second-order valence-corrected chi connectivity index (χ2v) is 3.65. The quantitative estimate of drug-likeness (QED) is 0.519. The van der Waals surface area contributed by atoms with Crippen LogP contribution >= 0.6 is 15.9 Å². The molecule has 0 fully saturated rings. The Morgan fingerprint density at radius 3 is 2.80 bits per heavy atom. The van der Waals surface area contributed by atoms with Gasteiger partial charge in [0.05, 0.1) is 12.2 Å². The van der Waals surface area contributed by atoms with Crippen molar-refractivity contribution in [1.29, 1.82) is 0 Å². The summed E-state index contributed by atoms with van der Waals surface area (Å²) < 4.78 is 5.33. The molecule has 0 heterocycles. The Labute approximate surface area is 95.5 Å². The Hall–Kier alpha value is -1.36. The molecule has 0 unspecified atom stereocenters. The Morgan fingerprint density at radius 2 is 2.27 bits per heavy atom. The molecule has 0 aliphatic rings. The molecular formula is C10H10BrNO3. The van der Waals surface area contributed by atoms with Gasteiger partial charge in [0.2, 0.25) is 0 Å². The Balaban J connectivity index is 3.15. The van der Waals surface area contributed by atoms with Crippen LogP contribution in [-0.2, 0) is 4.74 Å². The maximum Gasteiger partial charge on any atom is 0.340 e. The normalized spacial score (nSPS) is 9.73. The predicted molar refractivity (Wildman–Crippen MR) is 59.9 cm³/mol. The molecule has 0 saturated heterocycles. The van der Waals surface area contributed by atoms with Crippen molar-refractivity contribution in [1.82, 2.24) is 0 Å². The van der Waals surface area contributed by atoms with E-state index in [-0.39, 0.29) is 17.9 Å². The van der Waals surface area contributed by atoms with Gasteiger partial charge < -0.3 is 10.5 Å². The number of nitrogen functional groups attached to an aromatic ring is 1. The fourth-order valence-electron chi connectivity index (χ4n) is 1.08. The number of ether oxygens (including phenoxy) is 1. The van der Waals surface area contributed by atoms with Gasteiger partial charge in [-0.25, -0.2) is 4.79 Å². The maximum atomic E-state index is 11.4. The molecule has 15 heavy (non-hydrogen) atoms. The van der Waals surface area contributed by atoms with Crippen LogP contribution in [0.15, 0.2) is 16.6 Å². The minimum absolute atomic E-state index is 0.235. The number of anilines is 1. The first-order chi connectivity index (χ1) is 7.10. The van der Waals surface area contributed by atoms with Crippen LogP contribution in [0.1, 0.15) is 27.6 Å². The number of esters is 1. The summed E-state index contributed by atoms with van der Waals surface area (Å²) in [5.41, 5.74) is 6.51. The molecule has 1 aromatic carbocycles. The lowest BCUT2D eigenvalue weighted by atomic mass is 10.1. The highest BCUT2D eigenvalue weighted by molar-refractivity contribution is 9.10. The molecule has 2 N–H and O–H groups in total. The molecule has 0 aromatic heterocycles. The number of rotatable bonds is 3. The van der Waals surface area contributed by atoms with Crippen LogP contribution in [0.25, 0.3) is 0 Å². The van der Waals surface area contributed by atoms with E-state index in [4.69, 9.17) is 10.5 Å². The van der Waals surface area contributed by atoms with Crippen LogP contribution in [-0.4, -0.2) is 18.9 Å². The van der Waals surface area contributed by atoms with Gasteiger partial charge in [0.1, 0.15) is 0 Å². The summed E-state index contributed by atoms with van der Waals surface area (Å²) in [6.07, 6.45) is 0.662. The van der Waals surface area contributed by atoms with Crippen LogP contribution in [0.2, 0.25) is 0 Å². The van der Waals surface area contributed by atoms with E-state index in [9.17, 15) is 9.59 Å². The first-order valence-corrected chi connectivity index (χ1v) is 5.10. The second-order valence-electron chi connectivity index (χ2n) is 2.80. The minimum atomic E-state index is -0.492. The lowest BCUT2D eigenvalue weighted by Gasteiger charge is -2.07. The molecule has 0 saturated carbocycles. The molecule has 80 valence electrons. The second kappa shape index (κ2) is 4.93. The smallest absolute Gasteiger partial charge is 0.340 e. The summed E-state index contributed by atoms with van der Waals surface area (Å²) in [5, 5.41) is 0. The number of benzene rings is 1. The first kappa shape index (κ1) is 11.7. The van der Waals surface area contributed by atoms with Crippen LogP contribution < -0.4 is 5.73 Å². The Morgan fingerprint density at radius 1 is 1.60 bits per heavy atom. The van der Waals surface area contributed by atoms with Crippen molar-refractivity contribution in [2.75, 3.05) is 12.3 Å². The highest BCUT2D eigenvalue weighted by atomic mass is 79.9. The molecule has 1 rings (SSSR count). The van der Waals surface area contributed by atoms with Crippen LogP contribution in [0.5, 0.6) is 0 Å². The third-order valence-corrected chi connectivity index (χ3v) is 2.48. The van der Waals surface area contributed by atoms with Gasteiger partial charge in [-0.2, -0.15) is 0 Å². The highest BCUT2D eigenvalue weighted by Crippen LogP contribution is 2.23. The van der Waals surface area contributed by atoms with E-state index in [2.05, 4.69) is 15.9 Å². The van der Waals surface area contributed by atoms with E-state index in [1.807, 2.05) is 0 Å². The average molecular weight is 272 g/mol. The third-order valence-electron chi connectivity index (χ3n) is 1.79. The zero-order valence-corrected chi connectivity index (χ0v) is 9.71. The summed E-state index contributed by atoms with van der Waals surface area (Å²) >= 11 is 3.17. The molecule has 4 nitrogen and oxygen atoms in total. The monoisotopic (exact) mass is 271 g/mol. The van der Waals surface area contributed by atoms with Crippen molar-refractivity contribution >= 4 is 33.9 Å². The van der Waals surface area contributed by atoms with Gasteiger partial charge in [-0.3, -0.25) is 4.79 Å². The number of hydrogen-bond donors (Lipinski definition) is 1. The number of hydrogen-bond acceptors (Lipinski definition) is 4. The maximum absolute atomic E-state index is 11.4. The van der Waals surface area contributed by atoms with E-state index in [0.717, 1.165) is 0 Å². The van der Waals surface area contributed by atoms with Crippen molar-refractivity contribution in [2.24, 2.45) is 0 Å². The number of carbonyl (C=O) groups is 2. The summed E-state index contributed by atoms with van der Waals surface area (Å²) in [7, 11) is 0. The van der Waals surface area contributed by atoms with Crippen molar-refractivity contribution in [2.45, 2.75) is 6.92 Å². The molecule has 0 radical (unpaired) electrons. The van der Waals surface area contributed by atoms with Gasteiger partial charge in [-0.1, -0.05) is 15.9 Å². The molecule has 5 heteroatoms. The Bertz CT molecular complexity index is 404. The van der Waals surface area contributed by atoms with E-state index >= 15 is 0 Å². The average Bonchev–Trinajstić information content (AvgIpc) is 2.21. The number of carbonyl (C=O) groups excluding carboxylic acids is 2. The fraction of sp³-hybridized carbons (Fsp3) is 0.200. The van der Waals surface area contributed by atoms with Gasteiger partial charge in [0, 0.05) is 15.7 Å². The van der Waals surface area contributed by atoms with Gasteiger partial charge in [-0.15, -0.1) is 0 Å². The van der Waals surface area contributed by atoms with Crippen molar-refractivity contribution in [3.63, 3.8) is 0 Å². The summed E-state index contributed by atoms with van der Waals surface area (Å²) in [6.45, 7) is 1.99. The van der Waals surface area contributed by atoms with Crippen LogP contribution in [0.3, 0.4) is 0 Å². The largest absolute Gasteiger partial charge is 0.462 e. The molecule has 1 aromatic rings. The number of nitrogens with two attached hydrogens (primary N) is 1. The van der Waals surface area contributed by atoms with Gasteiger partial charge in [0.15, 0.2) is 6.29 Å². The zero-order chi connectivity index (χ0) is 11.4. The van der Waals surface area contributed by atoms with Crippen LogP contribution in [0.4, 0.5) is 5.69 Å². The van der Waals surface area contributed by atoms with Crippen molar-refractivity contribution in [3.05, 3.63) is 27.7 Å². The van der Waals surface area contributed by atoms with Crippen LogP contribution in [0, 0.1) is 0 Å². The SMILES string of the molecule is CCOC(=O)c1cc(Br)c(C=O)cc1N. The summed E-state index contributed by atoms with van der Waals surface area (Å²) in [5.74, 6) is -0.492. The molecular weight excluding hydrogens is 262 g/mol. The molecule has 0 amide bonds. The number of aldehydes is 1. The van der Waals surface area contributed by atoms with Gasteiger partial charge in [0.25, 0.3) is 0 Å². The summed E-state index contributed by atoms with van der Waals surface area (Å²) in [4.78, 5) is 22.0.